The lowest BCUT2D eigenvalue weighted by molar-refractivity contribution is -0.115. The zero-order chi connectivity index (χ0) is 15.4. The first-order valence-corrected chi connectivity index (χ1v) is 7.20. The Morgan fingerprint density at radius 3 is 2.43 bits per heavy atom. The number of benzene rings is 2. The molecule has 0 aliphatic rings. The summed E-state index contributed by atoms with van der Waals surface area (Å²) in [6.07, 6.45) is 0.294. The van der Waals surface area contributed by atoms with Gasteiger partial charge in [-0.05, 0) is 54.4 Å². The number of carbonyl (C=O) groups excluding carboxylic acids is 2. The van der Waals surface area contributed by atoms with Crippen LogP contribution in [0.2, 0.25) is 0 Å². The van der Waals surface area contributed by atoms with Crippen molar-refractivity contribution >= 4 is 33.4 Å². The summed E-state index contributed by atoms with van der Waals surface area (Å²) in [5, 5.41) is 2.80. The van der Waals surface area contributed by atoms with Crippen molar-refractivity contribution in [3.05, 3.63) is 63.6 Å². The molecule has 0 bridgehead atoms. The summed E-state index contributed by atoms with van der Waals surface area (Å²) < 4.78 is 0.946. The Hall–Kier alpha value is -2.14. The fraction of sp³-hybridized carbons (Fsp3) is 0.125. The maximum absolute atomic E-state index is 12.0. The summed E-state index contributed by atoms with van der Waals surface area (Å²) in [5.74, 6) is -0.597. The van der Waals surface area contributed by atoms with Crippen LogP contribution in [0.5, 0.6) is 0 Å². The van der Waals surface area contributed by atoms with Crippen LogP contribution in [0.3, 0.4) is 0 Å². The molecule has 0 heterocycles. The predicted octanol–water partition coefficient (Wildman–Crippen LogP) is 3.04. The highest BCUT2D eigenvalue weighted by Crippen LogP contribution is 2.17. The molecule has 0 aliphatic carbocycles. The fourth-order valence-electron chi connectivity index (χ4n) is 1.93. The molecule has 2 aromatic carbocycles. The Labute approximate surface area is 131 Å². The van der Waals surface area contributed by atoms with Crippen molar-refractivity contribution in [1.82, 2.24) is 0 Å². The molecule has 0 atom stereocenters. The van der Waals surface area contributed by atoms with E-state index in [0.717, 1.165) is 15.6 Å². The van der Waals surface area contributed by atoms with E-state index in [2.05, 4.69) is 21.2 Å². The fourth-order valence-corrected chi connectivity index (χ4v) is 2.33. The van der Waals surface area contributed by atoms with Gasteiger partial charge in [0.05, 0.1) is 6.42 Å². The maximum atomic E-state index is 12.0. The van der Waals surface area contributed by atoms with Crippen molar-refractivity contribution in [3.8, 4) is 0 Å². The predicted molar refractivity (Wildman–Crippen MR) is 86.2 cm³/mol. The van der Waals surface area contributed by atoms with E-state index >= 15 is 0 Å². The third-order valence-electron chi connectivity index (χ3n) is 3.12. The largest absolute Gasteiger partial charge is 0.366 e. The highest BCUT2D eigenvalue weighted by Gasteiger charge is 2.08. The molecular weight excluding hydrogens is 332 g/mol. The average molecular weight is 347 g/mol. The number of aryl methyl sites for hydroxylation is 1. The van der Waals surface area contributed by atoms with Gasteiger partial charge in [0.2, 0.25) is 11.8 Å². The summed E-state index contributed by atoms with van der Waals surface area (Å²) in [4.78, 5) is 23.0. The van der Waals surface area contributed by atoms with Gasteiger partial charge in [0.25, 0.3) is 0 Å². The molecule has 0 saturated heterocycles. The molecule has 0 unspecified atom stereocenters. The van der Waals surface area contributed by atoms with Crippen molar-refractivity contribution in [2.45, 2.75) is 13.3 Å². The number of carbonyl (C=O) groups is 2. The van der Waals surface area contributed by atoms with E-state index in [1.165, 1.54) is 0 Å². The van der Waals surface area contributed by atoms with Crippen molar-refractivity contribution in [1.29, 1.82) is 0 Å². The normalized spacial score (nSPS) is 10.2. The molecule has 0 aliphatic heterocycles. The molecule has 2 rings (SSSR count). The first kappa shape index (κ1) is 15.3. The second-order valence-corrected chi connectivity index (χ2v) is 5.65. The van der Waals surface area contributed by atoms with Crippen LogP contribution in [0.1, 0.15) is 21.5 Å². The first-order chi connectivity index (χ1) is 9.95. The second kappa shape index (κ2) is 6.54. The highest BCUT2D eigenvalue weighted by molar-refractivity contribution is 9.10. The van der Waals surface area contributed by atoms with Gasteiger partial charge in [-0.2, -0.15) is 0 Å². The van der Waals surface area contributed by atoms with Gasteiger partial charge in [-0.15, -0.1) is 0 Å². The molecule has 21 heavy (non-hydrogen) atoms. The Kier molecular flexibility index (Phi) is 4.75. The summed E-state index contributed by atoms with van der Waals surface area (Å²) >= 11 is 3.40. The van der Waals surface area contributed by atoms with Gasteiger partial charge in [-0.1, -0.05) is 22.0 Å². The number of nitrogens with one attached hydrogen (secondary N) is 1. The number of nitrogens with two attached hydrogens (primary N) is 1. The molecule has 3 N–H and O–H groups in total. The molecule has 4 nitrogen and oxygen atoms in total. The van der Waals surface area contributed by atoms with Gasteiger partial charge in [0, 0.05) is 15.7 Å². The molecule has 2 aromatic rings. The van der Waals surface area contributed by atoms with Crippen LogP contribution < -0.4 is 11.1 Å². The average Bonchev–Trinajstić information content (AvgIpc) is 2.43. The summed E-state index contributed by atoms with van der Waals surface area (Å²) in [5.41, 5.74) is 8.25. The SMILES string of the molecule is Cc1ccc(Br)cc1CC(=O)Nc1ccc(C(N)=O)cc1. The minimum atomic E-state index is -0.488. The lowest BCUT2D eigenvalue weighted by Crippen LogP contribution is -2.15. The molecular formula is C16H15BrN2O2. The van der Waals surface area contributed by atoms with E-state index in [1.807, 2.05) is 25.1 Å². The summed E-state index contributed by atoms with van der Waals surface area (Å²) in [7, 11) is 0. The number of hydrogen-bond donors (Lipinski definition) is 2. The molecule has 5 heteroatoms. The van der Waals surface area contributed by atoms with Crippen LogP contribution in [-0.4, -0.2) is 11.8 Å². The Morgan fingerprint density at radius 1 is 1.14 bits per heavy atom. The van der Waals surface area contributed by atoms with Crippen molar-refractivity contribution in [2.75, 3.05) is 5.32 Å². The third kappa shape index (κ3) is 4.16. The molecule has 0 fully saturated rings. The highest BCUT2D eigenvalue weighted by atomic mass is 79.9. The number of primary amides is 1. The minimum Gasteiger partial charge on any atom is -0.366 e. The number of anilines is 1. The van der Waals surface area contributed by atoms with Crippen LogP contribution >= 0.6 is 15.9 Å². The topological polar surface area (TPSA) is 72.2 Å². The Morgan fingerprint density at radius 2 is 1.81 bits per heavy atom. The van der Waals surface area contributed by atoms with Gasteiger partial charge >= 0.3 is 0 Å². The standard InChI is InChI=1S/C16H15BrN2O2/c1-10-2-5-13(17)8-12(10)9-15(20)19-14-6-3-11(4-7-14)16(18)21/h2-8H,9H2,1H3,(H2,18,21)(H,19,20). The molecule has 0 radical (unpaired) electrons. The van der Waals surface area contributed by atoms with Gasteiger partial charge in [-0.3, -0.25) is 9.59 Å². The second-order valence-electron chi connectivity index (χ2n) is 4.74. The zero-order valence-electron chi connectivity index (χ0n) is 11.5. The van der Waals surface area contributed by atoms with Crippen LogP contribution in [0.4, 0.5) is 5.69 Å². The monoisotopic (exact) mass is 346 g/mol. The third-order valence-corrected chi connectivity index (χ3v) is 3.61. The van der Waals surface area contributed by atoms with Gasteiger partial charge < -0.3 is 11.1 Å². The van der Waals surface area contributed by atoms with Crippen LogP contribution in [0.25, 0.3) is 0 Å². The first-order valence-electron chi connectivity index (χ1n) is 6.40. The lowest BCUT2D eigenvalue weighted by atomic mass is 10.1. The Balaban J connectivity index is 2.04. The van der Waals surface area contributed by atoms with E-state index in [9.17, 15) is 9.59 Å². The van der Waals surface area contributed by atoms with Crippen LogP contribution in [0.15, 0.2) is 46.9 Å². The quantitative estimate of drug-likeness (QED) is 0.892. The van der Waals surface area contributed by atoms with E-state index < -0.39 is 5.91 Å². The summed E-state index contributed by atoms with van der Waals surface area (Å²) in [6, 6.07) is 12.3. The van der Waals surface area contributed by atoms with E-state index in [0.29, 0.717) is 17.7 Å². The zero-order valence-corrected chi connectivity index (χ0v) is 13.1. The lowest BCUT2D eigenvalue weighted by Gasteiger charge is -2.08. The van der Waals surface area contributed by atoms with Gasteiger partial charge in [0.1, 0.15) is 0 Å². The van der Waals surface area contributed by atoms with Gasteiger partial charge in [0.15, 0.2) is 0 Å². The molecule has 2 amide bonds. The van der Waals surface area contributed by atoms with E-state index in [4.69, 9.17) is 5.73 Å². The number of rotatable bonds is 4. The smallest absolute Gasteiger partial charge is 0.248 e. The van der Waals surface area contributed by atoms with E-state index in [1.54, 1.807) is 24.3 Å². The molecule has 108 valence electrons. The minimum absolute atomic E-state index is 0.108. The van der Waals surface area contributed by atoms with Gasteiger partial charge in [-0.25, -0.2) is 0 Å². The maximum Gasteiger partial charge on any atom is 0.248 e. The number of amides is 2. The molecule has 0 aromatic heterocycles. The van der Waals surface area contributed by atoms with Crippen LogP contribution in [0, 0.1) is 6.92 Å². The molecule has 0 spiro atoms. The van der Waals surface area contributed by atoms with Crippen LogP contribution in [-0.2, 0) is 11.2 Å². The van der Waals surface area contributed by atoms with Crippen molar-refractivity contribution < 1.29 is 9.59 Å². The number of hydrogen-bond acceptors (Lipinski definition) is 2. The van der Waals surface area contributed by atoms with E-state index in [-0.39, 0.29) is 5.91 Å². The van der Waals surface area contributed by atoms with Crippen molar-refractivity contribution in [2.24, 2.45) is 5.73 Å². The number of halogens is 1. The molecule has 0 saturated carbocycles. The van der Waals surface area contributed by atoms with Crippen molar-refractivity contribution in [3.63, 3.8) is 0 Å². The summed E-state index contributed by atoms with van der Waals surface area (Å²) in [6.45, 7) is 1.97. The Bertz CT molecular complexity index is 681.